The summed E-state index contributed by atoms with van der Waals surface area (Å²) in [5.74, 6) is -0.211. The monoisotopic (exact) mass is 251 g/mol. The highest BCUT2D eigenvalue weighted by Gasteiger charge is 2.14. The number of ether oxygens (including phenoxy) is 1. The van der Waals surface area contributed by atoms with Crippen molar-refractivity contribution in [2.45, 2.75) is 27.2 Å². The van der Waals surface area contributed by atoms with Gasteiger partial charge in [-0.2, -0.15) is 0 Å². The molecule has 1 heterocycles. The van der Waals surface area contributed by atoms with Crippen LogP contribution in [0.3, 0.4) is 0 Å². The van der Waals surface area contributed by atoms with Gasteiger partial charge in [0.05, 0.1) is 18.4 Å². The molecule has 2 amide bonds. The fraction of sp³-hybridized carbons (Fsp3) is 0.417. The van der Waals surface area contributed by atoms with Crippen molar-refractivity contribution in [2.75, 3.05) is 7.11 Å². The number of hydrogen-bond donors (Lipinski definition) is 2. The zero-order chi connectivity index (χ0) is 13.7. The van der Waals surface area contributed by atoms with Crippen molar-refractivity contribution in [3.8, 4) is 5.88 Å². The minimum absolute atomic E-state index is 0.335. The van der Waals surface area contributed by atoms with E-state index < -0.39 is 5.91 Å². The van der Waals surface area contributed by atoms with Crippen LogP contribution in [0.4, 0.5) is 0 Å². The van der Waals surface area contributed by atoms with E-state index in [0.717, 1.165) is 5.56 Å². The van der Waals surface area contributed by atoms with Gasteiger partial charge in [-0.25, -0.2) is 4.98 Å². The Kier molecular flexibility index (Phi) is 4.65. The number of aromatic nitrogens is 1. The molecule has 0 saturated heterocycles. The van der Waals surface area contributed by atoms with Crippen molar-refractivity contribution in [2.24, 2.45) is 0 Å². The lowest BCUT2D eigenvalue weighted by atomic mass is 10.1. The average molecular weight is 251 g/mol. The predicted molar refractivity (Wildman–Crippen MR) is 66.2 cm³/mol. The van der Waals surface area contributed by atoms with E-state index in [-0.39, 0.29) is 5.91 Å². The molecule has 0 aromatic carbocycles. The molecule has 18 heavy (non-hydrogen) atoms. The van der Waals surface area contributed by atoms with Crippen LogP contribution in [0, 0.1) is 6.92 Å². The Hall–Kier alpha value is -2.11. The molecule has 0 fully saturated rings. The summed E-state index contributed by atoms with van der Waals surface area (Å²) in [7, 11) is 1.54. The van der Waals surface area contributed by atoms with Crippen LogP contribution in [0.1, 0.15) is 35.5 Å². The number of hydrazine groups is 1. The number of amides is 2. The van der Waals surface area contributed by atoms with Crippen molar-refractivity contribution < 1.29 is 14.3 Å². The van der Waals surface area contributed by atoms with Gasteiger partial charge in [-0.3, -0.25) is 20.4 Å². The van der Waals surface area contributed by atoms with Gasteiger partial charge in [0.25, 0.3) is 5.91 Å². The number of nitrogens with zero attached hydrogens (tertiary/aromatic N) is 1. The number of carbonyl (C=O) groups is 2. The second-order valence-electron chi connectivity index (χ2n) is 3.78. The molecule has 6 heteroatoms. The van der Waals surface area contributed by atoms with E-state index in [1.807, 2.05) is 6.92 Å². The van der Waals surface area contributed by atoms with E-state index in [1.54, 1.807) is 13.0 Å². The van der Waals surface area contributed by atoms with Crippen molar-refractivity contribution in [1.29, 1.82) is 0 Å². The fourth-order valence-corrected chi connectivity index (χ4v) is 1.50. The van der Waals surface area contributed by atoms with E-state index in [1.165, 1.54) is 14.0 Å². The van der Waals surface area contributed by atoms with Crippen LogP contribution < -0.4 is 15.6 Å². The molecule has 0 spiro atoms. The standard InChI is InChI=1S/C12H17N3O3/c1-5-9-6-10(7(2)13-12(9)18-4)11(17)15-14-8(3)16/h6H,5H2,1-4H3,(H,14,16)(H,15,17). The highest BCUT2D eigenvalue weighted by molar-refractivity contribution is 5.96. The van der Waals surface area contributed by atoms with Gasteiger partial charge in [-0.05, 0) is 19.4 Å². The maximum atomic E-state index is 11.8. The smallest absolute Gasteiger partial charge is 0.271 e. The van der Waals surface area contributed by atoms with Gasteiger partial charge < -0.3 is 4.74 Å². The molecule has 2 N–H and O–H groups in total. The summed E-state index contributed by atoms with van der Waals surface area (Å²) < 4.78 is 5.14. The number of carbonyl (C=O) groups excluding carboxylic acids is 2. The summed E-state index contributed by atoms with van der Waals surface area (Å²) in [6.45, 7) is 4.98. The first kappa shape index (κ1) is 14.0. The van der Waals surface area contributed by atoms with Gasteiger partial charge in [0.15, 0.2) is 0 Å². The number of hydrogen-bond acceptors (Lipinski definition) is 4. The molecule has 0 atom stereocenters. The van der Waals surface area contributed by atoms with Crippen LogP contribution in [0.25, 0.3) is 0 Å². The molecule has 0 aliphatic heterocycles. The van der Waals surface area contributed by atoms with Gasteiger partial charge in [0.2, 0.25) is 11.8 Å². The minimum atomic E-state index is -0.396. The molecule has 0 saturated carbocycles. The van der Waals surface area contributed by atoms with Crippen LogP contribution in [-0.4, -0.2) is 23.9 Å². The molecular formula is C12H17N3O3. The maximum absolute atomic E-state index is 11.8. The average Bonchev–Trinajstić information content (AvgIpc) is 2.35. The van der Waals surface area contributed by atoms with Gasteiger partial charge in [0, 0.05) is 12.5 Å². The lowest BCUT2D eigenvalue weighted by Crippen LogP contribution is -2.40. The van der Waals surface area contributed by atoms with E-state index in [0.29, 0.717) is 23.6 Å². The lowest BCUT2D eigenvalue weighted by Gasteiger charge is -2.11. The third kappa shape index (κ3) is 3.19. The molecule has 1 aromatic heterocycles. The summed E-state index contributed by atoms with van der Waals surface area (Å²) in [5.41, 5.74) is 6.36. The molecule has 1 rings (SSSR count). The lowest BCUT2D eigenvalue weighted by molar-refractivity contribution is -0.119. The first-order valence-corrected chi connectivity index (χ1v) is 5.61. The van der Waals surface area contributed by atoms with E-state index in [4.69, 9.17) is 4.74 Å². The highest BCUT2D eigenvalue weighted by atomic mass is 16.5. The largest absolute Gasteiger partial charge is 0.481 e. The minimum Gasteiger partial charge on any atom is -0.481 e. The summed E-state index contributed by atoms with van der Waals surface area (Å²) in [6, 6.07) is 1.72. The van der Waals surface area contributed by atoms with E-state index >= 15 is 0 Å². The van der Waals surface area contributed by atoms with Crippen molar-refractivity contribution in [3.05, 3.63) is 22.9 Å². The second-order valence-corrected chi connectivity index (χ2v) is 3.78. The normalized spacial score (nSPS) is 9.78. The summed E-state index contributed by atoms with van der Waals surface area (Å²) >= 11 is 0. The number of nitrogens with one attached hydrogen (secondary N) is 2. The third-order valence-electron chi connectivity index (χ3n) is 2.42. The summed E-state index contributed by atoms with van der Waals surface area (Å²) in [4.78, 5) is 26.8. The first-order valence-electron chi connectivity index (χ1n) is 5.61. The Balaban J connectivity index is 3.01. The molecule has 0 aliphatic rings. The van der Waals surface area contributed by atoms with E-state index in [2.05, 4.69) is 15.8 Å². The molecular weight excluding hydrogens is 234 g/mol. The number of rotatable bonds is 3. The van der Waals surface area contributed by atoms with Crippen LogP contribution in [0.15, 0.2) is 6.07 Å². The fourth-order valence-electron chi connectivity index (χ4n) is 1.50. The SMILES string of the molecule is CCc1cc(C(=O)NNC(C)=O)c(C)nc1OC. The zero-order valence-electron chi connectivity index (χ0n) is 11.0. The summed E-state index contributed by atoms with van der Waals surface area (Å²) in [6.07, 6.45) is 0.705. The maximum Gasteiger partial charge on any atom is 0.271 e. The summed E-state index contributed by atoms with van der Waals surface area (Å²) in [5, 5.41) is 0. The van der Waals surface area contributed by atoms with Crippen LogP contribution in [-0.2, 0) is 11.2 Å². The molecule has 1 aromatic rings. The predicted octanol–water partition coefficient (Wildman–Crippen LogP) is 0.742. The highest BCUT2D eigenvalue weighted by Crippen LogP contribution is 2.19. The Labute approximate surface area is 106 Å². The van der Waals surface area contributed by atoms with Gasteiger partial charge >= 0.3 is 0 Å². The number of pyridine rings is 1. The molecule has 0 radical (unpaired) electrons. The third-order valence-corrected chi connectivity index (χ3v) is 2.42. The molecule has 0 aliphatic carbocycles. The van der Waals surface area contributed by atoms with Crippen LogP contribution in [0.5, 0.6) is 5.88 Å². The zero-order valence-corrected chi connectivity index (χ0v) is 11.0. The molecule has 6 nitrogen and oxygen atoms in total. The van der Waals surface area contributed by atoms with Crippen molar-refractivity contribution >= 4 is 11.8 Å². The van der Waals surface area contributed by atoms with Gasteiger partial charge in [-0.15, -0.1) is 0 Å². The van der Waals surface area contributed by atoms with E-state index in [9.17, 15) is 9.59 Å². The quantitative estimate of drug-likeness (QED) is 0.776. The second kappa shape index (κ2) is 6.00. The van der Waals surface area contributed by atoms with Gasteiger partial charge in [-0.1, -0.05) is 6.92 Å². The van der Waals surface area contributed by atoms with Gasteiger partial charge in [0.1, 0.15) is 0 Å². The molecule has 0 bridgehead atoms. The Morgan fingerprint density at radius 1 is 1.39 bits per heavy atom. The van der Waals surface area contributed by atoms with Crippen LogP contribution in [0.2, 0.25) is 0 Å². The number of aryl methyl sites for hydroxylation is 2. The first-order chi connectivity index (χ1) is 8.49. The Morgan fingerprint density at radius 2 is 2.06 bits per heavy atom. The van der Waals surface area contributed by atoms with Crippen molar-refractivity contribution in [1.82, 2.24) is 15.8 Å². The molecule has 98 valence electrons. The topological polar surface area (TPSA) is 80.3 Å². The Bertz CT molecular complexity index is 472. The Morgan fingerprint density at radius 3 is 2.56 bits per heavy atom. The number of methoxy groups -OCH3 is 1. The van der Waals surface area contributed by atoms with Crippen molar-refractivity contribution in [3.63, 3.8) is 0 Å². The van der Waals surface area contributed by atoms with Crippen LogP contribution >= 0.6 is 0 Å². The molecule has 0 unspecified atom stereocenters.